The van der Waals surface area contributed by atoms with Crippen molar-refractivity contribution in [3.05, 3.63) is 101 Å². The first-order valence-corrected chi connectivity index (χ1v) is 9.98. The summed E-state index contributed by atoms with van der Waals surface area (Å²) in [4.78, 5) is 13.4. The van der Waals surface area contributed by atoms with Crippen LogP contribution in [0.5, 0.6) is 5.75 Å². The van der Waals surface area contributed by atoms with E-state index in [4.69, 9.17) is 9.47 Å². The third-order valence-corrected chi connectivity index (χ3v) is 5.65. The van der Waals surface area contributed by atoms with Crippen molar-refractivity contribution in [2.45, 2.75) is 19.4 Å². The van der Waals surface area contributed by atoms with Crippen molar-refractivity contribution in [3.63, 3.8) is 0 Å². The number of rotatable bonds is 6. The standard InChI is InChI=1S/C26H25NO3/c1-18-24(22-11-7-8-12-23(22)27(18)2)25(20-13-15-21(29-3)16-14-20)26(28)30-17-19-9-5-4-6-10-19/h4-16,25H,17H2,1-3H3/t25-/m1/s1. The van der Waals surface area contributed by atoms with Crippen LogP contribution in [0.1, 0.15) is 28.3 Å². The van der Waals surface area contributed by atoms with E-state index in [1.807, 2.05) is 73.8 Å². The Morgan fingerprint density at radius 2 is 1.60 bits per heavy atom. The average molecular weight is 399 g/mol. The summed E-state index contributed by atoms with van der Waals surface area (Å²) < 4.78 is 13.2. The van der Waals surface area contributed by atoms with Crippen molar-refractivity contribution in [2.24, 2.45) is 7.05 Å². The van der Waals surface area contributed by atoms with Gasteiger partial charge in [-0.3, -0.25) is 4.79 Å². The quantitative estimate of drug-likeness (QED) is 0.409. The van der Waals surface area contributed by atoms with Crippen LogP contribution in [0, 0.1) is 6.92 Å². The first-order chi connectivity index (χ1) is 14.6. The van der Waals surface area contributed by atoms with Gasteiger partial charge < -0.3 is 14.0 Å². The van der Waals surface area contributed by atoms with Gasteiger partial charge in [-0.1, -0.05) is 60.7 Å². The van der Waals surface area contributed by atoms with E-state index in [1.165, 1.54) is 0 Å². The number of hydrogen-bond acceptors (Lipinski definition) is 3. The number of carbonyl (C=O) groups is 1. The summed E-state index contributed by atoms with van der Waals surface area (Å²) in [6.07, 6.45) is 0. The maximum absolute atomic E-state index is 13.4. The zero-order valence-corrected chi connectivity index (χ0v) is 17.5. The van der Waals surface area contributed by atoms with E-state index in [0.29, 0.717) is 0 Å². The highest BCUT2D eigenvalue weighted by atomic mass is 16.5. The van der Waals surface area contributed by atoms with Crippen LogP contribution in [0.25, 0.3) is 10.9 Å². The molecule has 0 radical (unpaired) electrons. The van der Waals surface area contributed by atoms with Crippen LogP contribution in [0.2, 0.25) is 0 Å². The van der Waals surface area contributed by atoms with Crippen LogP contribution < -0.4 is 4.74 Å². The van der Waals surface area contributed by atoms with Crippen LogP contribution in [0.4, 0.5) is 0 Å². The molecule has 0 amide bonds. The highest BCUT2D eigenvalue weighted by molar-refractivity contribution is 5.93. The number of nitrogens with zero attached hydrogens (tertiary/aromatic N) is 1. The fourth-order valence-corrected chi connectivity index (χ4v) is 3.94. The van der Waals surface area contributed by atoms with Crippen molar-refractivity contribution < 1.29 is 14.3 Å². The van der Waals surface area contributed by atoms with Crippen molar-refractivity contribution >= 4 is 16.9 Å². The molecule has 3 aromatic carbocycles. The van der Waals surface area contributed by atoms with Gasteiger partial charge in [-0.15, -0.1) is 0 Å². The minimum Gasteiger partial charge on any atom is -0.497 e. The first kappa shape index (κ1) is 19.8. The molecule has 1 atom stereocenters. The molecule has 4 nitrogen and oxygen atoms in total. The molecule has 0 saturated heterocycles. The van der Waals surface area contributed by atoms with Gasteiger partial charge in [0.1, 0.15) is 18.3 Å². The van der Waals surface area contributed by atoms with Gasteiger partial charge in [0.15, 0.2) is 0 Å². The number of esters is 1. The second-order valence-electron chi connectivity index (χ2n) is 7.37. The molecule has 0 aliphatic heterocycles. The molecule has 0 bridgehead atoms. The van der Waals surface area contributed by atoms with E-state index >= 15 is 0 Å². The Labute approximate surface area is 176 Å². The Kier molecular flexibility index (Phi) is 5.57. The van der Waals surface area contributed by atoms with Crippen LogP contribution in [0.3, 0.4) is 0 Å². The zero-order valence-electron chi connectivity index (χ0n) is 17.5. The maximum Gasteiger partial charge on any atom is 0.318 e. The van der Waals surface area contributed by atoms with Gasteiger partial charge in [-0.25, -0.2) is 0 Å². The number of benzene rings is 3. The lowest BCUT2D eigenvalue weighted by molar-refractivity contribution is -0.145. The lowest BCUT2D eigenvalue weighted by atomic mass is 9.89. The molecule has 152 valence electrons. The Bertz CT molecular complexity index is 1160. The maximum atomic E-state index is 13.4. The number of aromatic nitrogens is 1. The van der Waals surface area contributed by atoms with Crippen molar-refractivity contribution in [1.29, 1.82) is 0 Å². The topological polar surface area (TPSA) is 40.5 Å². The number of carbonyl (C=O) groups excluding carboxylic acids is 1. The Hall–Kier alpha value is -3.53. The van der Waals surface area contributed by atoms with Gasteiger partial charge in [-0.05, 0) is 41.8 Å². The Morgan fingerprint density at radius 3 is 2.30 bits per heavy atom. The predicted octanol–water partition coefficient (Wildman–Crippen LogP) is 5.37. The molecule has 4 aromatic rings. The largest absolute Gasteiger partial charge is 0.497 e. The first-order valence-electron chi connectivity index (χ1n) is 9.98. The summed E-state index contributed by atoms with van der Waals surface area (Å²) >= 11 is 0. The van der Waals surface area contributed by atoms with E-state index < -0.39 is 5.92 Å². The average Bonchev–Trinajstić information content (AvgIpc) is 3.04. The van der Waals surface area contributed by atoms with Crippen molar-refractivity contribution in [2.75, 3.05) is 7.11 Å². The second kappa shape index (κ2) is 8.46. The molecule has 30 heavy (non-hydrogen) atoms. The highest BCUT2D eigenvalue weighted by Crippen LogP contribution is 2.36. The molecule has 4 rings (SSSR count). The van der Waals surface area contributed by atoms with Crippen LogP contribution in [-0.2, 0) is 23.2 Å². The number of para-hydroxylation sites is 1. The van der Waals surface area contributed by atoms with Gasteiger partial charge in [0.05, 0.1) is 7.11 Å². The van der Waals surface area contributed by atoms with Gasteiger partial charge in [0, 0.05) is 23.6 Å². The molecule has 0 aliphatic rings. The molecule has 0 N–H and O–H groups in total. The van der Waals surface area contributed by atoms with E-state index in [-0.39, 0.29) is 12.6 Å². The zero-order chi connectivity index (χ0) is 21.1. The minimum atomic E-state index is -0.522. The molecular formula is C26H25NO3. The van der Waals surface area contributed by atoms with Crippen LogP contribution in [0.15, 0.2) is 78.9 Å². The number of methoxy groups -OCH3 is 1. The van der Waals surface area contributed by atoms with Crippen molar-refractivity contribution in [1.82, 2.24) is 4.57 Å². The molecular weight excluding hydrogens is 374 g/mol. The van der Waals surface area contributed by atoms with E-state index in [2.05, 4.69) is 23.6 Å². The number of hydrogen-bond donors (Lipinski definition) is 0. The van der Waals surface area contributed by atoms with E-state index in [1.54, 1.807) is 7.11 Å². The summed E-state index contributed by atoms with van der Waals surface area (Å²) in [6, 6.07) is 25.6. The highest BCUT2D eigenvalue weighted by Gasteiger charge is 2.30. The van der Waals surface area contributed by atoms with Gasteiger partial charge in [0.25, 0.3) is 0 Å². The molecule has 0 aliphatic carbocycles. The fourth-order valence-electron chi connectivity index (χ4n) is 3.94. The van der Waals surface area contributed by atoms with Crippen LogP contribution in [-0.4, -0.2) is 17.6 Å². The number of ether oxygens (including phenoxy) is 2. The molecule has 1 aromatic heterocycles. The van der Waals surface area contributed by atoms with E-state index in [9.17, 15) is 4.79 Å². The van der Waals surface area contributed by atoms with Gasteiger partial charge in [0.2, 0.25) is 0 Å². The summed E-state index contributed by atoms with van der Waals surface area (Å²) in [5.41, 5.74) is 4.98. The predicted molar refractivity (Wildman–Crippen MR) is 119 cm³/mol. The van der Waals surface area contributed by atoms with Gasteiger partial charge in [-0.2, -0.15) is 0 Å². The SMILES string of the molecule is COc1ccc([C@@H](C(=O)OCc2ccccc2)c2c(C)n(C)c3ccccc23)cc1. The van der Waals surface area contributed by atoms with E-state index in [0.717, 1.165) is 39.0 Å². The molecule has 0 saturated carbocycles. The van der Waals surface area contributed by atoms with Crippen LogP contribution >= 0.6 is 0 Å². The molecule has 4 heteroatoms. The summed E-state index contributed by atoms with van der Waals surface area (Å²) in [6.45, 7) is 2.30. The molecule has 0 spiro atoms. The summed E-state index contributed by atoms with van der Waals surface area (Å²) in [5.74, 6) is -0.0287. The summed E-state index contributed by atoms with van der Waals surface area (Å²) in [5, 5.41) is 1.06. The third kappa shape index (κ3) is 3.69. The fraction of sp³-hybridized carbons (Fsp3) is 0.192. The summed E-state index contributed by atoms with van der Waals surface area (Å²) in [7, 11) is 3.66. The lowest BCUT2D eigenvalue weighted by Gasteiger charge is -2.18. The normalized spacial score (nSPS) is 12.0. The number of aryl methyl sites for hydroxylation is 1. The molecule has 1 heterocycles. The monoisotopic (exact) mass is 399 g/mol. The Morgan fingerprint density at radius 1 is 0.933 bits per heavy atom. The van der Waals surface area contributed by atoms with Crippen molar-refractivity contribution in [3.8, 4) is 5.75 Å². The molecule has 0 fully saturated rings. The Balaban J connectivity index is 1.78. The third-order valence-electron chi connectivity index (χ3n) is 5.65. The lowest BCUT2D eigenvalue weighted by Crippen LogP contribution is -2.18. The minimum absolute atomic E-state index is 0.246. The second-order valence-corrected chi connectivity index (χ2v) is 7.37. The number of fused-ring (bicyclic) bond motifs is 1. The smallest absolute Gasteiger partial charge is 0.318 e. The molecule has 0 unspecified atom stereocenters. The van der Waals surface area contributed by atoms with Gasteiger partial charge >= 0.3 is 5.97 Å².